The molecule has 8 nitrogen and oxygen atoms in total. The van der Waals surface area contributed by atoms with Gasteiger partial charge >= 0.3 is 5.97 Å². The van der Waals surface area contributed by atoms with E-state index in [1.54, 1.807) is 0 Å². The van der Waals surface area contributed by atoms with Crippen LogP contribution in [0.15, 0.2) is 72.8 Å². The first-order valence-corrected chi connectivity index (χ1v) is 15.0. The quantitative estimate of drug-likeness (QED) is 0.206. The maximum atomic E-state index is 13.2. The smallest absolute Gasteiger partial charge is 0.326 e. The van der Waals surface area contributed by atoms with Gasteiger partial charge in [0.05, 0.1) is 5.41 Å². The molecule has 3 aromatic rings. The van der Waals surface area contributed by atoms with Crippen molar-refractivity contribution in [2.24, 2.45) is 0 Å². The van der Waals surface area contributed by atoms with Crippen molar-refractivity contribution in [3.8, 4) is 5.75 Å². The van der Waals surface area contributed by atoms with Crippen LogP contribution in [0.25, 0.3) is 0 Å². The maximum Gasteiger partial charge on any atom is 0.326 e. The molecule has 0 radical (unpaired) electrons. The fourth-order valence-electron chi connectivity index (χ4n) is 5.19. The summed E-state index contributed by atoms with van der Waals surface area (Å²) in [6, 6.07) is 22.5. The number of pyridine rings is 1. The van der Waals surface area contributed by atoms with Crippen molar-refractivity contribution >= 4 is 17.7 Å². The van der Waals surface area contributed by atoms with Crippen LogP contribution in [0.5, 0.6) is 5.75 Å². The predicted octanol–water partition coefficient (Wildman–Crippen LogP) is 5.08. The minimum atomic E-state index is -1.03. The standard InChI is InChI=1S/C34H44N4O4/c1-34(2,27-13-5-3-6-14-27)33(41)37-30(32(39)40)20-23-38(24-25-42-29-16-7-4-8-17-29)22-10-9-15-28-19-18-26-12-11-21-35-31(26)36-28/h3-8,13-14,16-19,30H,9-12,15,20-25H2,1-2H3,(H,35,36)(H,37,41)(H,39,40). The van der Waals surface area contributed by atoms with E-state index in [0.29, 0.717) is 26.1 Å². The van der Waals surface area contributed by atoms with Crippen molar-refractivity contribution in [2.45, 2.75) is 63.8 Å². The van der Waals surface area contributed by atoms with Crippen LogP contribution in [0.2, 0.25) is 0 Å². The number of ether oxygens (including phenoxy) is 1. The van der Waals surface area contributed by atoms with Gasteiger partial charge in [0.2, 0.25) is 5.91 Å². The molecule has 1 amide bonds. The number of hydrogen-bond acceptors (Lipinski definition) is 6. The van der Waals surface area contributed by atoms with Gasteiger partial charge in [-0.3, -0.25) is 9.69 Å². The molecule has 3 N–H and O–H groups in total. The van der Waals surface area contributed by atoms with Gasteiger partial charge in [-0.1, -0.05) is 54.6 Å². The van der Waals surface area contributed by atoms with Crippen molar-refractivity contribution < 1.29 is 19.4 Å². The van der Waals surface area contributed by atoms with E-state index in [1.165, 1.54) is 5.56 Å². The Morgan fingerprint density at radius 3 is 2.48 bits per heavy atom. The minimum absolute atomic E-state index is 0.299. The van der Waals surface area contributed by atoms with E-state index in [0.717, 1.165) is 68.0 Å². The van der Waals surface area contributed by atoms with Gasteiger partial charge in [-0.05, 0) is 88.2 Å². The first-order chi connectivity index (χ1) is 20.3. The SMILES string of the molecule is CC(C)(C(=O)NC(CCN(CCCCc1ccc2c(n1)NCCC2)CCOc1ccccc1)C(=O)O)c1ccccc1. The molecule has 224 valence electrons. The molecule has 0 fully saturated rings. The molecule has 4 rings (SSSR count). The number of benzene rings is 2. The van der Waals surface area contributed by atoms with Crippen molar-refractivity contribution in [2.75, 3.05) is 38.1 Å². The van der Waals surface area contributed by atoms with E-state index in [2.05, 4.69) is 27.7 Å². The van der Waals surface area contributed by atoms with Gasteiger partial charge in [0.15, 0.2) is 0 Å². The lowest BCUT2D eigenvalue weighted by Crippen LogP contribution is -2.49. The predicted molar refractivity (Wildman–Crippen MR) is 166 cm³/mol. The van der Waals surface area contributed by atoms with Crippen LogP contribution in [0.1, 0.15) is 56.4 Å². The summed E-state index contributed by atoms with van der Waals surface area (Å²) >= 11 is 0. The summed E-state index contributed by atoms with van der Waals surface area (Å²) in [5.74, 6) is 0.505. The number of amides is 1. The van der Waals surface area contributed by atoms with Crippen molar-refractivity contribution in [3.63, 3.8) is 0 Å². The highest BCUT2D eigenvalue weighted by molar-refractivity contribution is 5.90. The molecular formula is C34H44N4O4. The molecule has 1 atom stereocenters. The fraction of sp³-hybridized carbons (Fsp3) is 0.441. The summed E-state index contributed by atoms with van der Waals surface area (Å²) in [7, 11) is 0. The second kappa shape index (κ2) is 15.4. The summed E-state index contributed by atoms with van der Waals surface area (Å²) in [5, 5.41) is 16.2. The molecule has 1 aliphatic heterocycles. The molecule has 0 bridgehead atoms. The highest BCUT2D eigenvalue weighted by atomic mass is 16.5. The Kier molecular flexibility index (Phi) is 11.3. The van der Waals surface area contributed by atoms with Gasteiger partial charge in [-0.2, -0.15) is 0 Å². The highest BCUT2D eigenvalue weighted by Gasteiger charge is 2.33. The Balaban J connectivity index is 1.32. The fourth-order valence-corrected chi connectivity index (χ4v) is 5.19. The van der Waals surface area contributed by atoms with E-state index in [4.69, 9.17) is 9.72 Å². The lowest BCUT2D eigenvalue weighted by molar-refractivity contribution is -0.142. The van der Waals surface area contributed by atoms with E-state index in [1.807, 2.05) is 74.5 Å². The van der Waals surface area contributed by atoms with E-state index >= 15 is 0 Å². The van der Waals surface area contributed by atoms with Crippen molar-refractivity contribution in [3.05, 3.63) is 89.6 Å². The molecule has 1 aromatic heterocycles. The maximum absolute atomic E-state index is 13.2. The van der Waals surface area contributed by atoms with Crippen LogP contribution in [0.4, 0.5) is 5.82 Å². The monoisotopic (exact) mass is 572 g/mol. The number of aromatic nitrogens is 1. The molecule has 0 saturated heterocycles. The number of unbranched alkanes of at least 4 members (excludes halogenated alkanes) is 1. The molecule has 2 heterocycles. The van der Waals surface area contributed by atoms with E-state index in [9.17, 15) is 14.7 Å². The van der Waals surface area contributed by atoms with Gasteiger partial charge in [0.25, 0.3) is 0 Å². The van der Waals surface area contributed by atoms with Crippen LogP contribution in [-0.4, -0.2) is 65.7 Å². The first kappa shape index (κ1) is 31.0. The molecule has 42 heavy (non-hydrogen) atoms. The molecule has 0 aliphatic carbocycles. The Hall–Kier alpha value is -3.91. The average Bonchev–Trinajstić information content (AvgIpc) is 3.01. The zero-order valence-corrected chi connectivity index (χ0v) is 24.9. The zero-order chi connectivity index (χ0) is 29.8. The zero-order valence-electron chi connectivity index (χ0n) is 24.9. The number of para-hydroxylation sites is 1. The first-order valence-electron chi connectivity index (χ1n) is 15.0. The number of hydrogen-bond donors (Lipinski definition) is 3. The molecule has 1 aliphatic rings. The lowest BCUT2D eigenvalue weighted by Gasteiger charge is -2.28. The van der Waals surface area contributed by atoms with E-state index < -0.39 is 17.4 Å². The lowest BCUT2D eigenvalue weighted by atomic mass is 9.83. The molecule has 8 heteroatoms. The van der Waals surface area contributed by atoms with Crippen molar-refractivity contribution in [1.82, 2.24) is 15.2 Å². The normalized spacial score (nSPS) is 13.6. The number of carbonyl (C=O) groups is 2. The third-order valence-electron chi connectivity index (χ3n) is 7.93. The number of aliphatic carboxylic acids is 1. The van der Waals surface area contributed by atoms with Crippen LogP contribution < -0.4 is 15.4 Å². The number of nitrogens with zero attached hydrogens (tertiary/aromatic N) is 2. The third-order valence-corrected chi connectivity index (χ3v) is 7.93. The number of nitrogens with one attached hydrogen (secondary N) is 2. The minimum Gasteiger partial charge on any atom is -0.492 e. The molecular weight excluding hydrogens is 528 g/mol. The summed E-state index contributed by atoms with van der Waals surface area (Å²) < 4.78 is 5.93. The second-order valence-corrected chi connectivity index (χ2v) is 11.4. The van der Waals surface area contributed by atoms with Crippen LogP contribution in [-0.2, 0) is 27.8 Å². The van der Waals surface area contributed by atoms with Crippen LogP contribution in [0, 0.1) is 0 Å². The van der Waals surface area contributed by atoms with Gasteiger partial charge in [-0.15, -0.1) is 0 Å². The summed E-state index contributed by atoms with van der Waals surface area (Å²) in [4.78, 5) is 32.4. The molecule has 2 aromatic carbocycles. The molecule has 1 unspecified atom stereocenters. The molecule has 0 saturated carbocycles. The summed E-state index contributed by atoms with van der Waals surface area (Å²) in [6.07, 6.45) is 5.35. The van der Waals surface area contributed by atoms with Crippen molar-refractivity contribution in [1.29, 1.82) is 0 Å². The van der Waals surface area contributed by atoms with Gasteiger partial charge in [0.1, 0.15) is 24.2 Å². The Bertz CT molecular complexity index is 1280. The second-order valence-electron chi connectivity index (χ2n) is 11.4. The topological polar surface area (TPSA) is 104 Å². The van der Waals surface area contributed by atoms with Gasteiger partial charge < -0.3 is 20.5 Å². The average molecular weight is 573 g/mol. The number of rotatable bonds is 16. The number of aryl methyl sites for hydroxylation is 2. The number of carboxylic acid groups (broad SMARTS) is 1. The van der Waals surface area contributed by atoms with Crippen LogP contribution in [0.3, 0.4) is 0 Å². The molecule has 0 spiro atoms. The van der Waals surface area contributed by atoms with Gasteiger partial charge in [-0.25, -0.2) is 9.78 Å². The summed E-state index contributed by atoms with van der Waals surface area (Å²) in [5.41, 5.74) is 2.38. The number of carbonyl (C=O) groups excluding carboxylic acids is 1. The Morgan fingerprint density at radius 2 is 1.74 bits per heavy atom. The summed E-state index contributed by atoms with van der Waals surface area (Å²) in [6.45, 7) is 7.10. The third kappa shape index (κ3) is 9.05. The highest BCUT2D eigenvalue weighted by Crippen LogP contribution is 2.24. The van der Waals surface area contributed by atoms with Crippen LogP contribution >= 0.6 is 0 Å². The Labute approximate surface area is 249 Å². The number of carboxylic acids is 1. The van der Waals surface area contributed by atoms with Gasteiger partial charge in [0, 0.05) is 25.3 Å². The van der Waals surface area contributed by atoms with E-state index in [-0.39, 0.29) is 5.91 Å². The largest absolute Gasteiger partial charge is 0.492 e. The number of fused-ring (bicyclic) bond motifs is 1. The Morgan fingerprint density at radius 1 is 1.00 bits per heavy atom. The number of anilines is 1.